The van der Waals surface area contributed by atoms with Gasteiger partial charge in [0.25, 0.3) is 0 Å². The van der Waals surface area contributed by atoms with Crippen LogP contribution in [0.15, 0.2) is 48.5 Å². The second-order valence-corrected chi connectivity index (χ2v) is 6.61. The molecule has 27 heavy (non-hydrogen) atoms. The first kappa shape index (κ1) is 16.9. The zero-order valence-corrected chi connectivity index (χ0v) is 15.5. The molecule has 0 aliphatic carbocycles. The smallest absolute Gasteiger partial charge is 0.149 e. The first-order valence-electron chi connectivity index (χ1n) is 8.75. The molecule has 4 nitrogen and oxygen atoms in total. The van der Waals surface area contributed by atoms with Crippen molar-refractivity contribution in [2.24, 2.45) is 0 Å². The van der Waals surface area contributed by atoms with Crippen LogP contribution in [0.4, 0.5) is 0 Å². The molecule has 0 unspecified atom stereocenters. The van der Waals surface area contributed by atoms with Crippen molar-refractivity contribution < 1.29 is 4.74 Å². The summed E-state index contributed by atoms with van der Waals surface area (Å²) in [7, 11) is 1.64. The highest BCUT2D eigenvalue weighted by Gasteiger charge is 2.12. The maximum Gasteiger partial charge on any atom is 0.149 e. The number of H-pyrrole nitrogens is 1. The highest BCUT2D eigenvalue weighted by molar-refractivity contribution is 6.00. The minimum atomic E-state index is 0.469. The van der Waals surface area contributed by atoms with Crippen LogP contribution < -0.4 is 4.74 Å². The summed E-state index contributed by atoms with van der Waals surface area (Å²) in [6.45, 7) is 4.13. The van der Waals surface area contributed by atoms with Crippen molar-refractivity contribution in [2.75, 3.05) is 7.11 Å². The Morgan fingerprint density at radius 1 is 1.11 bits per heavy atom. The summed E-state index contributed by atoms with van der Waals surface area (Å²) in [5.74, 6) is 1.29. The number of fused-ring (bicyclic) bond motifs is 2. The largest absolute Gasteiger partial charge is 0.496 e. The highest BCUT2D eigenvalue weighted by Crippen LogP contribution is 2.31. The minimum Gasteiger partial charge on any atom is -0.496 e. The van der Waals surface area contributed by atoms with E-state index in [-0.39, 0.29) is 0 Å². The van der Waals surface area contributed by atoms with Gasteiger partial charge in [-0.05, 0) is 60.0 Å². The summed E-state index contributed by atoms with van der Waals surface area (Å²) in [6.07, 6.45) is 1.85. The molecule has 0 bridgehead atoms. The van der Waals surface area contributed by atoms with Gasteiger partial charge in [0.1, 0.15) is 17.6 Å². The number of benzene rings is 3. The number of hydrogen-bond acceptors (Lipinski definition) is 3. The molecule has 0 spiro atoms. The molecule has 0 amide bonds. The van der Waals surface area contributed by atoms with Crippen LogP contribution >= 0.6 is 0 Å². The second-order valence-electron chi connectivity index (χ2n) is 6.61. The minimum absolute atomic E-state index is 0.469. The van der Waals surface area contributed by atoms with Gasteiger partial charge in [-0.25, -0.2) is 4.98 Å². The lowest BCUT2D eigenvalue weighted by Gasteiger charge is -2.09. The fraction of sp³-hybridized carbons (Fsp3) is 0.130. The zero-order valence-electron chi connectivity index (χ0n) is 15.5. The number of allylic oxidation sites excluding steroid dienone is 1. The van der Waals surface area contributed by atoms with Gasteiger partial charge in [0, 0.05) is 5.56 Å². The van der Waals surface area contributed by atoms with E-state index >= 15 is 0 Å². The molecule has 0 saturated carbocycles. The van der Waals surface area contributed by atoms with Crippen molar-refractivity contribution in [2.45, 2.75) is 13.8 Å². The molecule has 3 aromatic carbocycles. The summed E-state index contributed by atoms with van der Waals surface area (Å²) in [6, 6.07) is 18.4. The third-order valence-corrected chi connectivity index (χ3v) is 4.91. The van der Waals surface area contributed by atoms with Crippen molar-refractivity contribution >= 4 is 33.5 Å². The average molecular weight is 353 g/mol. The van der Waals surface area contributed by atoms with E-state index in [1.165, 1.54) is 11.1 Å². The highest BCUT2D eigenvalue weighted by atomic mass is 16.5. The standard InChI is InChI=1S/C23H19N3O/c1-14-10-20-21(11-15(14)2)26-23(25-20)17(13-24)12-19-18-7-5-4-6-16(18)8-9-22(19)27-3/h4-12H,1-3H3,(H,25,26)/b17-12+. The molecule has 0 atom stereocenters. The van der Waals surface area contributed by atoms with Crippen molar-refractivity contribution in [3.63, 3.8) is 0 Å². The van der Waals surface area contributed by atoms with Crippen LogP contribution in [0.1, 0.15) is 22.5 Å². The van der Waals surface area contributed by atoms with Crippen LogP contribution in [0.5, 0.6) is 5.75 Å². The first-order chi connectivity index (χ1) is 13.1. The Bertz CT molecular complexity index is 1200. The Balaban J connectivity index is 1.92. The predicted molar refractivity (Wildman–Crippen MR) is 110 cm³/mol. The van der Waals surface area contributed by atoms with Gasteiger partial charge in [0.2, 0.25) is 0 Å². The molecule has 1 N–H and O–H groups in total. The molecule has 4 rings (SSSR count). The number of nitriles is 1. The molecule has 0 aliphatic heterocycles. The van der Waals surface area contributed by atoms with E-state index in [1.807, 2.05) is 48.5 Å². The number of aromatic amines is 1. The van der Waals surface area contributed by atoms with Crippen molar-refractivity contribution in [3.05, 3.63) is 71.0 Å². The number of nitrogens with one attached hydrogen (secondary N) is 1. The number of imidazole rings is 1. The third-order valence-electron chi connectivity index (χ3n) is 4.91. The summed E-state index contributed by atoms with van der Waals surface area (Å²) in [5.41, 5.74) is 5.50. The van der Waals surface area contributed by atoms with Crippen LogP contribution in [0.2, 0.25) is 0 Å². The van der Waals surface area contributed by atoms with Crippen LogP contribution in [0.25, 0.3) is 33.5 Å². The molecule has 4 heteroatoms. The number of nitrogens with zero attached hydrogens (tertiary/aromatic N) is 2. The first-order valence-corrected chi connectivity index (χ1v) is 8.75. The Kier molecular flexibility index (Phi) is 4.13. The van der Waals surface area contributed by atoms with Gasteiger partial charge in [0.05, 0.1) is 23.7 Å². The maximum atomic E-state index is 9.79. The number of hydrogen-bond donors (Lipinski definition) is 1. The summed E-state index contributed by atoms with van der Waals surface area (Å²) < 4.78 is 5.54. The lowest BCUT2D eigenvalue weighted by atomic mass is 10.0. The van der Waals surface area contributed by atoms with Gasteiger partial charge in [-0.2, -0.15) is 5.26 Å². The molecule has 4 aromatic rings. The van der Waals surface area contributed by atoms with Crippen LogP contribution in [-0.4, -0.2) is 17.1 Å². The second kappa shape index (κ2) is 6.62. The number of methoxy groups -OCH3 is 1. The number of aromatic nitrogens is 2. The summed E-state index contributed by atoms with van der Waals surface area (Å²) in [5, 5.41) is 11.9. The fourth-order valence-corrected chi connectivity index (χ4v) is 3.30. The summed E-state index contributed by atoms with van der Waals surface area (Å²) >= 11 is 0. The number of rotatable bonds is 3. The predicted octanol–water partition coefficient (Wildman–Crippen LogP) is 5.41. The van der Waals surface area contributed by atoms with Gasteiger partial charge in [-0.3, -0.25) is 0 Å². The number of aryl methyl sites for hydroxylation is 2. The van der Waals surface area contributed by atoms with Crippen molar-refractivity contribution in [1.82, 2.24) is 9.97 Å². The van der Waals surface area contributed by atoms with E-state index in [0.29, 0.717) is 11.4 Å². The Hall–Kier alpha value is -3.58. The van der Waals surface area contributed by atoms with Gasteiger partial charge >= 0.3 is 0 Å². The molecular weight excluding hydrogens is 334 g/mol. The molecule has 0 aliphatic rings. The SMILES string of the molecule is COc1ccc2ccccc2c1/C=C(\C#N)c1nc2cc(C)c(C)cc2[nH]1. The van der Waals surface area contributed by atoms with E-state index in [1.54, 1.807) is 7.11 Å². The molecular formula is C23H19N3O. The normalized spacial score (nSPS) is 11.7. The van der Waals surface area contributed by atoms with E-state index < -0.39 is 0 Å². The Labute approximate surface area is 157 Å². The lowest BCUT2D eigenvalue weighted by molar-refractivity contribution is 0.414. The molecule has 1 heterocycles. The van der Waals surface area contributed by atoms with Crippen molar-refractivity contribution in [3.8, 4) is 11.8 Å². The van der Waals surface area contributed by atoms with Crippen LogP contribution in [-0.2, 0) is 0 Å². The number of ether oxygens (including phenoxy) is 1. The Morgan fingerprint density at radius 2 is 1.89 bits per heavy atom. The van der Waals surface area contributed by atoms with E-state index in [2.05, 4.69) is 36.0 Å². The molecule has 132 valence electrons. The quantitative estimate of drug-likeness (QED) is 0.501. The van der Waals surface area contributed by atoms with Gasteiger partial charge in [0.15, 0.2) is 0 Å². The fourth-order valence-electron chi connectivity index (χ4n) is 3.30. The monoisotopic (exact) mass is 353 g/mol. The van der Waals surface area contributed by atoms with Gasteiger partial charge in [-0.15, -0.1) is 0 Å². The molecule has 0 fully saturated rings. The molecule has 0 radical (unpaired) electrons. The van der Waals surface area contributed by atoms with Gasteiger partial charge in [-0.1, -0.05) is 30.3 Å². The van der Waals surface area contributed by atoms with Gasteiger partial charge < -0.3 is 9.72 Å². The molecule has 1 aromatic heterocycles. The lowest BCUT2D eigenvalue weighted by Crippen LogP contribution is -1.91. The Morgan fingerprint density at radius 3 is 2.67 bits per heavy atom. The topological polar surface area (TPSA) is 61.7 Å². The van der Waals surface area contributed by atoms with E-state index in [4.69, 9.17) is 4.74 Å². The van der Waals surface area contributed by atoms with Crippen LogP contribution in [0, 0.1) is 25.2 Å². The maximum absolute atomic E-state index is 9.79. The van der Waals surface area contributed by atoms with E-state index in [0.717, 1.165) is 33.1 Å². The summed E-state index contributed by atoms with van der Waals surface area (Å²) in [4.78, 5) is 7.91. The van der Waals surface area contributed by atoms with Crippen LogP contribution in [0.3, 0.4) is 0 Å². The van der Waals surface area contributed by atoms with E-state index in [9.17, 15) is 5.26 Å². The zero-order chi connectivity index (χ0) is 19.0. The molecule has 0 saturated heterocycles. The van der Waals surface area contributed by atoms with Crippen molar-refractivity contribution in [1.29, 1.82) is 5.26 Å². The average Bonchev–Trinajstić information content (AvgIpc) is 3.08. The third kappa shape index (κ3) is 2.94.